The average Bonchev–Trinajstić information content (AvgIpc) is 2.08. The van der Waals surface area contributed by atoms with E-state index >= 15 is 0 Å². The molecule has 0 saturated heterocycles. The monoisotopic (exact) mass is 197 g/mol. The summed E-state index contributed by atoms with van der Waals surface area (Å²) in [6.07, 6.45) is 1.21. The van der Waals surface area contributed by atoms with E-state index in [1.807, 2.05) is 0 Å². The topological polar surface area (TPSA) is 118 Å². The van der Waals surface area contributed by atoms with Crippen LogP contribution >= 0.6 is 0 Å². The van der Waals surface area contributed by atoms with Crippen molar-refractivity contribution in [3.05, 3.63) is 16.7 Å². The fraction of sp³-hybridized carbons (Fsp3) is 0.286. The van der Waals surface area contributed by atoms with E-state index in [1.54, 1.807) is 7.05 Å². The SMILES string of the molecule is CN(CC(N)=O)c1nc[nH]c(=O)c1N. The van der Waals surface area contributed by atoms with Crippen molar-refractivity contribution in [2.45, 2.75) is 0 Å². The number of hydrogen-bond donors (Lipinski definition) is 3. The molecule has 5 N–H and O–H groups in total. The first kappa shape index (κ1) is 10.0. The van der Waals surface area contributed by atoms with Crippen LogP contribution in [0.25, 0.3) is 0 Å². The number of hydrogen-bond acceptors (Lipinski definition) is 5. The lowest BCUT2D eigenvalue weighted by Gasteiger charge is -2.16. The van der Waals surface area contributed by atoms with Gasteiger partial charge in [0, 0.05) is 7.05 Å². The minimum Gasteiger partial charge on any atom is -0.391 e. The lowest BCUT2D eigenvalue weighted by Crippen LogP contribution is -2.32. The molecular weight excluding hydrogens is 186 g/mol. The standard InChI is InChI=1S/C7H11N5O2/c1-12(2-4(8)13)6-5(9)7(14)11-3-10-6/h3H,2,9H2,1H3,(H2,8,13)(H,10,11,14). The van der Waals surface area contributed by atoms with Crippen LogP contribution < -0.4 is 21.9 Å². The molecule has 0 aliphatic heterocycles. The highest BCUT2D eigenvalue weighted by Gasteiger charge is 2.10. The van der Waals surface area contributed by atoms with Crippen LogP contribution in [0.15, 0.2) is 11.1 Å². The average molecular weight is 197 g/mol. The molecule has 14 heavy (non-hydrogen) atoms. The highest BCUT2D eigenvalue weighted by Crippen LogP contribution is 2.11. The molecule has 0 spiro atoms. The van der Waals surface area contributed by atoms with Gasteiger partial charge >= 0.3 is 0 Å². The zero-order valence-electron chi connectivity index (χ0n) is 7.65. The Morgan fingerprint density at radius 3 is 2.93 bits per heavy atom. The third kappa shape index (κ3) is 2.00. The molecule has 0 saturated carbocycles. The number of likely N-dealkylation sites (N-methyl/N-ethyl adjacent to an activating group) is 1. The van der Waals surface area contributed by atoms with Gasteiger partial charge in [-0.2, -0.15) is 0 Å². The minimum absolute atomic E-state index is 0.0312. The number of nitrogen functional groups attached to an aromatic ring is 1. The number of anilines is 2. The fourth-order valence-corrected chi connectivity index (χ4v) is 1.01. The Kier molecular flexibility index (Phi) is 2.70. The molecule has 0 aromatic carbocycles. The zero-order valence-corrected chi connectivity index (χ0v) is 7.65. The third-order valence-corrected chi connectivity index (χ3v) is 1.62. The first-order chi connectivity index (χ1) is 6.52. The third-order valence-electron chi connectivity index (χ3n) is 1.62. The van der Waals surface area contributed by atoms with E-state index in [2.05, 4.69) is 9.97 Å². The van der Waals surface area contributed by atoms with Crippen molar-refractivity contribution in [2.75, 3.05) is 24.2 Å². The smallest absolute Gasteiger partial charge is 0.276 e. The minimum atomic E-state index is -0.519. The number of aromatic amines is 1. The number of amides is 1. The Hall–Kier alpha value is -2.05. The molecule has 0 atom stereocenters. The summed E-state index contributed by atoms with van der Waals surface area (Å²) in [5.74, 6) is -0.276. The van der Waals surface area contributed by atoms with Gasteiger partial charge in [0.25, 0.3) is 5.56 Å². The molecule has 0 aliphatic rings. The summed E-state index contributed by atoms with van der Waals surface area (Å²) < 4.78 is 0. The molecule has 1 rings (SSSR count). The largest absolute Gasteiger partial charge is 0.391 e. The van der Waals surface area contributed by atoms with E-state index in [-0.39, 0.29) is 18.1 Å². The van der Waals surface area contributed by atoms with E-state index in [9.17, 15) is 9.59 Å². The van der Waals surface area contributed by atoms with Crippen LogP contribution in [0.2, 0.25) is 0 Å². The number of nitrogens with one attached hydrogen (secondary N) is 1. The van der Waals surface area contributed by atoms with E-state index in [0.717, 1.165) is 0 Å². The summed E-state index contributed by atoms with van der Waals surface area (Å²) in [5, 5.41) is 0. The Labute approximate surface area is 79.7 Å². The van der Waals surface area contributed by atoms with Crippen molar-refractivity contribution in [2.24, 2.45) is 5.73 Å². The van der Waals surface area contributed by atoms with Crippen LogP contribution in [0.1, 0.15) is 0 Å². The summed E-state index contributed by atoms with van der Waals surface area (Å²) in [6.45, 7) is -0.0410. The molecule has 1 amide bonds. The van der Waals surface area contributed by atoms with Crippen LogP contribution in [0.5, 0.6) is 0 Å². The Morgan fingerprint density at radius 2 is 2.36 bits per heavy atom. The highest BCUT2D eigenvalue weighted by atomic mass is 16.1. The first-order valence-electron chi connectivity index (χ1n) is 3.85. The van der Waals surface area contributed by atoms with Crippen molar-refractivity contribution in [3.8, 4) is 0 Å². The number of primary amides is 1. The molecule has 0 bridgehead atoms. The van der Waals surface area contributed by atoms with Crippen LogP contribution in [0.3, 0.4) is 0 Å². The second kappa shape index (κ2) is 3.77. The maximum absolute atomic E-state index is 11.1. The molecule has 7 nitrogen and oxygen atoms in total. The van der Waals surface area contributed by atoms with Crippen LogP contribution in [-0.4, -0.2) is 29.5 Å². The van der Waals surface area contributed by atoms with E-state index < -0.39 is 11.5 Å². The molecule has 76 valence electrons. The summed E-state index contributed by atoms with van der Waals surface area (Å²) in [5.41, 5.74) is 9.97. The lowest BCUT2D eigenvalue weighted by atomic mass is 10.4. The van der Waals surface area contributed by atoms with Gasteiger partial charge in [-0.05, 0) is 0 Å². The zero-order chi connectivity index (χ0) is 10.7. The Bertz CT molecular complexity index is 399. The maximum atomic E-state index is 11.1. The van der Waals surface area contributed by atoms with Crippen LogP contribution in [0, 0.1) is 0 Å². The van der Waals surface area contributed by atoms with Gasteiger partial charge in [0.2, 0.25) is 5.91 Å². The van der Waals surface area contributed by atoms with Crippen LogP contribution in [0.4, 0.5) is 11.5 Å². The molecule has 0 fully saturated rings. The molecule has 1 aromatic heterocycles. The van der Waals surface area contributed by atoms with Gasteiger partial charge in [-0.25, -0.2) is 4.98 Å². The second-order valence-corrected chi connectivity index (χ2v) is 2.79. The number of nitrogens with zero attached hydrogens (tertiary/aromatic N) is 2. The van der Waals surface area contributed by atoms with Gasteiger partial charge < -0.3 is 21.4 Å². The van der Waals surface area contributed by atoms with Crippen molar-refractivity contribution in [1.82, 2.24) is 9.97 Å². The molecule has 1 aromatic rings. The quantitative estimate of drug-likeness (QED) is 0.532. The summed E-state index contributed by atoms with van der Waals surface area (Å²) in [6, 6.07) is 0. The second-order valence-electron chi connectivity index (χ2n) is 2.79. The molecular formula is C7H11N5O2. The summed E-state index contributed by atoms with van der Waals surface area (Å²) in [4.78, 5) is 29.2. The number of carbonyl (C=O) groups excluding carboxylic acids is 1. The van der Waals surface area contributed by atoms with Gasteiger partial charge in [0.15, 0.2) is 5.82 Å². The number of aromatic nitrogens is 2. The van der Waals surface area contributed by atoms with Crippen LogP contribution in [-0.2, 0) is 4.79 Å². The fourth-order valence-electron chi connectivity index (χ4n) is 1.01. The van der Waals surface area contributed by atoms with Gasteiger partial charge in [-0.3, -0.25) is 9.59 Å². The molecule has 0 aliphatic carbocycles. The van der Waals surface area contributed by atoms with Crippen molar-refractivity contribution in [1.29, 1.82) is 0 Å². The summed E-state index contributed by atoms with van der Waals surface area (Å²) in [7, 11) is 1.57. The maximum Gasteiger partial charge on any atom is 0.276 e. The van der Waals surface area contributed by atoms with E-state index in [4.69, 9.17) is 11.5 Å². The lowest BCUT2D eigenvalue weighted by molar-refractivity contribution is -0.116. The first-order valence-corrected chi connectivity index (χ1v) is 3.85. The van der Waals surface area contributed by atoms with Gasteiger partial charge in [-0.15, -0.1) is 0 Å². The van der Waals surface area contributed by atoms with Gasteiger partial charge in [0.1, 0.15) is 5.69 Å². The van der Waals surface area contributed by atoms with E-state index in [0.29, 0.717) is 0 Å². The van der Waals surface area contributed by atoms with Gasteiger partial charge in [-0.1, -0.05) is 0 Å². The van der Waals surface area contributed by atoms with Gasteiger partial charge in [0.05, 0.1) is 12.9 Å². The number of H-pyrrole nitrogens is 1. The molecule has 7 heteroatoms. The van der Waals surface area contributed by atoms with Crippen molar-refractivity contribution < 1.29 is 4.79 Å². The highest BCUT2D eigenvalue weighted by molar-refractivity contribution is 5.80. The van der Waals surface area contributed by atoms with Crippen molar-refractivity contribution in [3.63, 3.8) is 0 Å². The number of rotatable bonds is 3. The Balaban J connectivity index is 3.01. The molecule has 0 radical (unpaired) electrons. The predicted molar refractivity (Wildman–Crippen MR) is 51.7 cm³/mol. The number of nitrogens with two attached hydrogens (primary N) is 2. The van der Waals surface area contributed by atoms with Crippen molar-refractivity contribution >= 4 is 17.4 Å². The number of carbonyl (C=O) groups is 1. The van der Waals surface area contributed by atoms with E-state index in [1.165, 1.54) is 11.2 Å². The predicted octanol–water partition coefficient (Wildman–Crippen LogP) is -1.73. The molecule has 1 heterocycles. The summed E-state index contributed by atoms with van der Waals surface area (Å²) >= 11 is 0. The Morgan fingerprint density at radius 1 is 1.71 bits per heavy atom. The molecule has 0 unspecified atom stereocenters. The normalized spacial score (nSPS) is 9.79.